The molecule has 32 heavy (non-hydrogen) atoms. The van der Waals surface area contributed by atoms with Crippen LogP contribution >= 0.6 is 0 Å². The molecule has 4 heterocycles. The van der Waals surface area contributed by atoms with E-state index >= 15 is 0 Å². The Morgan fingerprint density at radius 3 is 2.66 bits per heavy atom. The molecule has 0 aromatic carbocycles. The van der Waals surface area contributed by atoms with E-state index in [0.29, 0.717) is 24.4 Å². The molecular weight excluding hydrogens is 432 g/mol. The Morgan fingerprint density at radius 2 is 1.97 bits per heavy atom. The molecule has 0 saturated carbocycles. The van der Waals surface area contributed by atoms with Crippen LogP contribution in [0.4, 0.5) is 5.82 Å². The summed E-state index contributed by atoms with van der Waals surface area (Å²) < 4.78 is 38.5. The molecule has 3 aromatic rings. The summed E-state index contributed by atoms with van der Waals surface area (Å²) in [7, 11) is -3.83. The van der Waals surface area contributed by atoms with Gasteiger partial charge in [0, 0.05) is 25.2 Å². The number of rotatable bonds is 6. The minimum absolute atomic E-state index is 0.0346. The second kappa shape index (κ2) is 9.09. The third-order valence-corrected chi connectivity index (χ3v) is 7.51. The van der Waals surface area contributed by atoms with Gasteiger partial charge in [0.2, 0.25) is 15.9 Å². The van der Waals surface area contributed by atoms with Gasteiger partial charge in [-0.15, -0.1) is 0 Å². The summed E-state index contributed by atoms with van der Waals surface area (Å²) in [5.41, 5.74) is 1.16. The van der Waals surface area contributed by atoms with Gasteiger partial charge in [-0.1, -0.05) is 11.2 Å². The van der Waals surface area contributed by atoms with Crippen molar-refractivity contribution in [1.29, 1.82) is 0 Å². The fraction of sp³-hybridized carbons (Fsp3) is 0.318. The Hall–Kier alpha value is -3.24. The number of nitrogens with one attached hydrogen (secondary N) is 1. The van der Waals surface area contributed by atoms with E-state index in [9.17, 15) is 13.2 Å². The predicted molar refractivity (Wildman–Crippen MR) is 118 cm³/mol. The maximum Gasteiger partial charge on any atom is 0.248 e. The molecule has 0 unspecified atom stereocenters. The molecular formula is C22H24N4O5S. The lowest BCUT2D eigenvalue weighted by Crippen LogP contribution is -2.41. The Kier molecular flexibility index (Phi) is 6.24. The van der Waals surface area contributed by atoms with Crippen LogP contribution in [0.15, 0.2) is 50.6 Å². The van der Waals surface area contributed by atoms with Crippen LogP contribution in [0.5, 0.6) is 0 Å². The van der Waals surface area contributed by atoms with Crippen molar-refractivity contribution in [3.05, 3.63) is 59.5 Å². The molecule has 1 saturated heterocycles. The minimum Gasteiger partial charge on any atom is -0.465 e. The van der Waals surface area contributed by atoms with Crippen molar-refractivity contribution in [2.45, 2.75) is 31.6 Å². The van der Waals surface area contributed by atoms with Crippen molar-refractivity contribution in [3.63, 3.8) is 0 Å². The summed E-state index contributed by atoms with van der Waals surface area (Å²) in [6.07, 6.45) is 7.13. The first-order chi connectivity index (χ1) is 15.4. The first-order valence-corrected chi connectivity index (χ1v) is 11.7. The summed E-state index contributed by atoms with van der Waals surface area (Å²) in [4.78, 5) is 16.9. The number of nitrogens with zero attached hydrogens (tertiary/aromatic N) is 3. The van der Waals surface area contributed by atoms with Crippen LogP contribution in [0.3, 0.4) is 0 Å². The largest absolute Gasteiger partial charge is 0.465 e. The summed E-state index contributed by atoms with van der Waals surface area (Å²) >= 11 is 0. The number of sulfonamides is 1. The molecule has 4 rings (SSSR count). The zero-order chi connectivity index (χ0) is 22.7. The van der Waals surface area contributed by atoms with Crippen LogP contribution in [-0.4, -0.2) is 41.9 Å². The fourth-order valence-corrected chi connectivity index (χ4v) is 5.39. The molecule has 1 N–H and O–H groups in total. The topological polar surface area (TPSA) is 119 Å². The molecule has 168 valence electrons. The first kappa shape index (κ1) is 22.0. The second-order valence-electron chi connectivity index (χ2n) is 7.65. The highest BCUT2D eigenvalue weighted by molar-refractivity contribution is 7.89. The number of carbonyl (C=O) groups excluding carboxylic acids is 1. The van der Waals surface area contributed by atoms with Crippen LogP contribution in [0, 0.1) is 19.8 Å². The number of anilines is 1. The van der Waals surface area contributed by atoms with E-state index in [4.69, 9.17) is 8.94 Å². The van der Waals surface area contributed by atoms with Gasteiger partial charge in [0.15, 0.2) is 10.7 Å². The minimum atomic E-state index is -3.83. The number of carbonyl (C=O) groups is 1. The van der Waals surface area contributed by atoms with Gasteiger partial charge in [-0.3, -0.25) is 4.79 Å². The van der Waals surface area contributed by atoms with E-state index in [1.807, 2.05) is 13.0 Å². The summed E-state index contributed by atoms with van der Waals surface area (Å²) in [5, 5.41) is 6.69. The molecule has 0 atom stereocenters. The molecule has 1 amide bonds. The monoisotopic (exact) mass is 456 g/mol. The highest BCUT2D eigenvalue weighted by Crippen LogP contribution is 2.29. The van der Waals surface area contributed by atoms with E-state index in [1.165, 1.54) is 16.6 Å². The number of amides is 1. The number of hydrogen-bond donors (Lipinski definition) is 1. The van der Waals surface area contributed by atoms with Gasteiger partial charge in [0.05, 0.1) is 6.26 Å². The summed E-state index contributed by atoms with van der Waals surface area (Å²) in [5.74, 6) is 0.805. The molecule has 9 nitrogen and oxygen atoms in total. The molecule has 1 aliphatic heterocycles. The molecule has 1 aliphatic rings. The summed E-state index contributed by atoms with van der Waals surface area (Å²) in [6.45, 7) is 3.92. The lowest BCUT2D eigenvalue weighted by atomic mass is 9.97. The maximum atomic E-state index is 13.3. The van der Waals surface area contributed by atoms with E-state index in [1.54, 1.807) is 37.4 Å². The smallest absolute Gasteiger partial charge is 0.248 e. The standard InChI is InChI=1S/C22H24N4O5S/c1-15-5-3-11-23-21(15)24-22(27)17-9-12-26(13-10-17)32(28,29)20-16(2)25-31-19(20)8-7-18-6-4-14-30-18/h3-8,11,14,17H,9-10,12-13H2,1-2H3,(H,23,24,27). The second-order valence-corrected chi connectivity index (χ2v) is 9.52. The molecule has 3 aromatic heterocycles. The number of aryl methyl sites for hydroxylation is 2. The SMILES string of the molecule is Cc1cccnc1NC(=O)C1CCN(S(=O)(=O)c2c(C)noc2C=Cc2ccco2)CC1. The Labute approximate surface area is 186 Å². The molecule has 10 heteroatoms. The summed E-state index contributed by atoms with van der Waals surface area (Å²) in [6, 6.07) is 7.16. The van der Waals surface area contributed by atoms with Gasteiger partial charge in [-0.05, 0) is 62.6 Å². The molecule has 1 fully saturated rings. The number of pyridine rings is 1. The zero-order valence-electron chi connectivity index (χ0n) is 17.8. The first-order valence-electron chi connectivity index (χ1n) is 10.3. The van der Waals surface area contributed by atoms with Crippen LogP contribution in [0.2, 0.25) is 0 Å². The van der Waals surface area contributed by atoms with Crippen molar-refractivity contribution in [3.8, 4) is 0 Å². The number of piperidine rings is 1. The number of furan rings is 1. The van der Waals surface area contributed by atoms with Crippen LogP contribution in [0.1, 0.15) is 35.6 Å². The third-order valence-electron chi connectivity index (χ3n) is 5.45. The normalized spacial score (nSPS) is 15.9. The molecule has 0 aliphatic carbocycles. The molecule has 0 radical (unpaired) electrons. The Morgan fingerprint density at radius 1 is 1.19 bits per heavy atom. The highest BCUT2D eigenvalue weighted by atomic mass is 32.2. The lowest BCUT2D eigenvalue weighted by Gasteiger charge is -2.30. The van der Waals surface area contributed by atoms with Gasteiger partial charge < -0.3 is 14.3 Å². The van der Waals surface area contributed by atoms with Crippen LogP contribution in [0.25, 0.3) is 12.2 Å². The van der Waals surface area contributed by atoms with Crippen molar-refractivity contribution in [2.24, 2.45) is 5.92 Å². The molecule has 0 bridgehead atoms. The van der Waals surface area contributed by atoms with Crippen molar-refractivity contribution < 1.29 is 22.2 Å². The van der Waals surface area contributed by atoms with E-state index < -0.39 is 10.0 Å². The zero-order valence-corrected chi connectivity index (χ0v) is 18.6. The number of hydrogen-bond acceptors (Lipinski definition) is 7. The molecule has 0 spiro atoms. The van der Waals surface area contributed by atoms with E-state index in [0.717, 1.165) is 5.56 Å². The van der Waals surface area contributed by atoms with Gasteiger partial charge in [-0.2, -0.15) is 4.31 Å². The third kappa shape index (κ3) is 4.51. The van der Waals surface area contributed by atoms with Crippen molar-refractivity contribution >= 4 is 33.9 Å². The van der Waals surface area contributed by atoms with E-state index in [-0.39, 0.29) is 41.3 Å². The quantitative estimate of drug-likeness (QED) is 0.603. The van der Waals surface area contributed by atoms with E-state index in [2.05, 4.69) is 15.5 Å². The predicted octanol–water partition coefficient (Wildman–Crippen LogP) is 3.49. The van der Waals surface area contributed by atoms with Gasteiger partial charge >= 0.3 is 0 Å². The Balaban J connectivity index is 1.45. The van der Waals surface area contributed by atoms with Gasteiger partial charge in [0.1, 0.15) is 17.3 Å². The average molecular weight is 457 g/mol. The van der Waals surface area contributed by atoms with Crippen molar-refractivity contribution in [1.82, 2.24) is 14.4 Å². The maximum absolute atomic E-state index is 13.3. The van der Waals surface area contributed by atoms with Gasteiger partial charge in [-0.25, -0.2) is 13.4 Å². The highest BCUT2D eigenvalue weighted by Gasteiger charge is 2.36. The fourth-order valence-electron chi connectivity index (χ4n) is 3.67. The Bertz CT molecular complexity index is 1220. The average Bonchev–Trinajstić information content (AvgIpc) is 3.43. The lowest BCUT2D eigenvalue weighted by molar-refractivity contribution is -0.120. The van der Waals surface area contributed by atoms with Crippen LogP contribution in [-0.2, 0) is 14.8 Å². The number of aromatic nitrogens is 2. The van der Waals surface area contributed by atoms with Crippen molar-refractivity contribution in [2.75, 3.05) is 18.4 Å². The van der Waals surface area contributed by atoms with Crippen LogP contribution < -0.4 is 5.32 Å². The van der Waals surface area contributed by atoms with Gasteiger partial charge in [0.25, 0.3) is 0 Å².